The molecule has 0 saturated carbocycles. The normalized spacial score (nSPS) is 12.6. The number of methoxy groups -OCH3 is 1. The summed E-state index contributed by atoms with van der Waals surface area (Å²) in [6, 6.07) is 13.3. The van der Waals surface area contributed by atoms with Gasteiger partial charge in [0, 0.05) is 0 Å². The van der Waals surface area contributed by atoms with Crippen molar-refractivity contribution in [2.45, 2.75) is 17.4 Å². The van der Waals surface area contributed by atoms with Crippen LogP contribution >= 0.6 is 0 Å². The maximum Gasteiger partial charge on any atom is 0.322 e. The molecule has 23 heavy (non-hydrogen) atoms. The Kier molecular flexibility index (Phi) is 5.36. The number of carboxylic acids is 1. The molecular weight excluding hydrogens is 318 g/mol. The molecule has 0 spiro atoms. The van der Waals surface area contributed by atoms with Crippen LogP contribution in [0.25, 0.3) is 0 Å². The third-order valence-electron chi connectivity index (χ3n) is 3.25. The zero-order chi connectivity index (χ0) is 16.9. The van der Waals surface area contributed by atoms with Crippen LogP contribution in [0, 0.1) is 0 Å². The largest absolute Gasteiger partial charge is 0.497 e. The molecular formula is C16H17NO5S. The molecule has 2 aromatic rings. The van der Waals surface area contributed by atoms with E-state index >= 15 is 0 Å². The number of carbonyl (C=O) groups is 1. The molecule has 0 saturated heterocycles. The molecule has 0 amide bonds. The van der Waals surface area contributed by atoms with Crippen LogP contribution in [0.2, 0.25) is 0 Å². The Balaban J connectivity index is 2.19. The summed E-state index contributed by atoms with van der Waals surface area (Å²) in [5.41, 5.74) is 0.734. The Hall–Kier alpha value is -2.38. The van der Waals surface area contributed by atoms with Gasteiger partial charge in [0.15, 0.2) is 0 Å². The van der Waals surface area contributed by atoms with E-state index in [1.165, 1.54) is 31.4 Å². The lowest BCUT2D eigenvalue weighted by Crippen LogP contribution is -2.42. The van der Waals surface area contributed by atoms with Crippen molar-refractivity contribution >= 4 is 16.0 Å². The average Bonchev–Trinajstić information content (AvgIpc) is 2.55. The summed E-state index contributed by atoms with van der Waals surface area (Å²) in [6.45, 7) is 0. The first-order valence-electron chi connectivity index (χ1n) is 6.85. The summed E-state index contributed by atoms with van der Waals surface area (Å²) in [5.74, 6) is -0.714. The summed E-state index contributed by atoms with van der Waals surface area (Å²) < 4.78 is 31.8. The van der Waals surface area contributed by atoms with E-state index in [0.29, 0.717) is 5.75 Å². The monoisotopic (exact) mass is 335 g/mol. The van der Waals surface area contributed by atoms with Crippen molar-refractivity contribution in [1.82, 2.24) is 4.72 Å². The molecule has 0 bridgehead atoms. The van der Waals surface area contributed by atoms with Gasteiger partial charge in [-0.05, 0) is 36.2 Å². The van der Waals surface area contributed by atoms with E-state index < -0.39 is 22.0 Å². The number of hydrogen-bond acceptors (Lipinski definition) is 4. The highest BCUT2D eigenvalue weighted by Gasteiger charge is 2.25. The van der Waals surface area contributed by atoms with Gasteiger partial charge in [-0.3, -0.25) is 4.79 Å². The van der Waals surface area contributed by atoms with E-state index in [4.69, 9.17) is 4.74 Å². The number of nitrogens with one attached hydrogen (secondary N) is 1. The second-order valence-corrected chi connectivity index (χ2v) is 6.59. The molecule has 2 rings (SSSR count). The van der Waals surface area contributed by atoms with Gasteiger partial charge in [-0.25, -0.2) is 8.42 Å². The Labute approximate surface area is 134 Å². The van der Waals surface area contributed by atoms with Gasteiger partial charge in [-0.15, -0.1) is 0 Å². The van der Waals surface area contributed by atoms with E-state index in [-0.39, 0.29) is 11.3 Å². The molecule has 0 aliphatic carbocycles. The van der Waals surface area contributed by atoms with Gasteiger partial charge >= 0.3 is 5.97 Å². The number of sulfonamides is 1. The molecule has 0 fully saturated rings. The quantitative estimate of drug-likeness (QED) is 0.803. The summed E-state index contributed by atoms with van der Waals surface area (Å²) in [6.07, 6.45) is 0.0611. The maximum absolute atomic E-state index is 12.3. The standard InChI is InChI=1S/C16H17NO5S/c1-22-13-7-9-14(10-8-13)23(20,21)17-15(16(18)19)11-12-5-3-2-4-6-12/h2-10,15,17H,11H2,1H3,(H,18,19)/t15-/m0/s1. The molecule has 0 unspecified atom stereocenters. The lowest BCUT2D eigenvalue weighted by molar-refractivity contribution is -0.138. The van der Waals surface area contributed by atoms with Gasteiger partial charge in [0.2, 0.25) is 10.0 Å². The van der Waals surface area contributed by atoms with Crippen molar-refractivity contribution in [2.24, 2.45) is 0 Å². The van der Waals surface area contributed by atoms with Crippen LogP contribution in [0.3, 0.4) is 0 Å². The predicted molar refractivity (Wildman–Crippen MR) is 84.9 cm³/mol. The highest BCUT2D eigenvalue weighted by atomic mass is 32.2. The number of carboxylic acid groups (broad SMARTS) is 1. The molecule has 0 radical (unpaired) electrons. The van der Waals surface area contributed by atoms with Gasteiger partial charge in [0.1, 0.15) is 11.8 Å². The third kappa shape index (κ3) is 4.54. The molecule has 2 N–H and O–H groups in total. The second kappa shape index (κ2) is 7.26. The van der Waals surface area contributed by atoms with Crippen molar-refractivity contribution in [1.29, 1.82) is 0 Å². The van der Waals surface area contributed by atoms with Crippen LogP contribution in [-0.4, -0.2) is 32.6 Å². The van der Waals surface area contributed by atoms with E-state index in [1.807, 2.05) is 0 Å². The van der Waals surface area contributed by atoms with E-state index in [2.05, 4.69) is 4.72 Å². The summed E-state index contributed by atoms with van der Waals surface area (Å²) >= 11 is 0. The lowest BCUT2D eigenvalue weighted by atomic mass is 10.1. The van der Waals surface area contributed by atoms with E-state index in [0.717, 1.165) is 5.56 Å². The van der Waals surface area contributed by atoms with E-state index in [9.17, 15) is 18.3 Å². The minimum atomic E-state index is -3.94. The molecule has 6 nitrogen and oxygen atoms in total. The number of hydrogen-bond donors (Lipinski definition) is 2. The van der Waals surface area contributed by atoms with Crippen LogP contribution < -0.4 is 9.46 Å². The van der Waals surface area contributed by atoms with E-state index in [1.54, 1.807) is 30.3 Å². The number of benzene rings is 2. The fourth-order valence-corrected chi connectivity index (χ4v) is 3.23. The predicted octanol–water partition coefficient (Wildman–Crippen LogP) is 1.67. The van der Waals surface area contributed by atoms with Crippen LogP contribution in [-0.2, 0) is 21.2 Å². The number of rotatable bonds is 7. The minimum Gasteiger partial charge on any atom is -0.497 e. The van der Waals surface area contributed by atoms with Crippen molar-refractivity contribution < 1.29 is 23.1 Å². The Bertz CT molecular complexity index is 757. The third-order valence-corrected chi connectivity index (χ3v) is 4.74. The molecule has 0 aliphatic rings. The molecule has 122 valence electrons. The number of ether oxygens (including phenoxy) is 1. The second-order valence-electron chi connectivity index (χ2n) is 4.88. The molecule has 0 heterocycles. The van der Waals surface area contributed by atoms with Gasteiger partial charge in [-0.2, -0.15) is 4.72 Å². The molecule has 7 heteroatoms. The van der Waals surface area contributed by atoms with Crippen molar-refractivity contribution in [3.63, 3.8) is 0 Å². The Morgan fingerprint density at radius 2 is 1.74 bits per heavy atom. The first-order valence-corrected chi connectivity index (χ1v) is 8.34. The van der Waals surface area contributed by atoms with Crippen molar-refractivity contribution in [3.8, 4) is 5.75 Å². The van der Waals surface area contributed by atoms with Gasteiger partial charge in [-0.1, -0.05) is 30.3 Å². The first-order chi connectivity index (χ1) is 10.9. The van der Waals surface area contributed by atoms with Crippen LogP contribution in [0.1, 0.15) is 5.56 Å². The first kappa shape index (κ1) is 17.0. The van der Waals surface area contributed by atoms with Crippen molar-refractivity contribution in [3.05, 3.63) is 60.2 Å². The zero-order valence-electron chi connectivity index (χ0n) is 12.5. The summed E-state index contributed by atoms with van der Waals surface area (Å²) in [5, 5.41) is 9.28. The zero-order valence-corrected chi connectivity index (χ0v) is 13.3. The minimum absolute atomic E-state index is 0.0161. The topological polar surface area (TPSA) is 92.7 Å². The van der Waals surface area contributed by atoms with Crippen LogP contribution in [0.15, 0.2) is 59.5 Å². The molecule has 0 aromatic heterocycles. The summed E-state index contributed by atoms with van der Waals surface area (Å²) in [4.78, 5) is 11.4. The van der Waals surface area contributed by atoms with Gasteiger partial charge < -0.3 is 9.84 Å². The summed E-state index contributed by atoms with van der Waals surface area (Å²) in [7, 11) is -2.46. The molecule has 0 aliphatic heterocycles. The van der Waals surface area contributed by atoms with Crippen LogP contribution in [0.5, 0.6) is 5.75 Å². The fourth-order valence-electron chi connectivity index (χ4n) is 2.04. The molecule has 1 atom stereocenters. The Morgan fingerprint density at radius 1 is 1.13 bits per heavy atom. The highest BCUT2D eigenvalue weighted by Crippen LogP contribution is 2.16. The number of aliphatic carboxylic acids is 1. The van der Waals surface area contributed by atoms with Gasteiger partial charge in [0.25, 0.3) is 0 Å². The highest BCUT2D eigenvalue weighted by molar-refractivity contribution is 7.89. The molecule has 2 aromatic carbocycles. The van der Waals surface area contributed by atoms with Gasteiger partial charge in [0.05, 0.1) is 12.0 Å². The smallest absolute Gasteiger partial charge is 0.322 e. The van der Waals surface area contributed by atoms with Crippen LogP contribution in [0.4, 0.5) is 0 Å². The SMILES string of the molecule is COc1ccc(S(=O)(=O)N[C@@H](Cc2ccccc2)C(=O)O)cc1. The Morgan fingerprint density at radius 3 is 2.26 bits per heavy atom. The maximum atomic E-state index is 12.3. The van der Waals surface area contributed by atoms with Crippen molar-refractivity contribution in [2.75, 3.05) is 7.11 Å². The average molecular weight is 335 g/mol. The lowest BCUT2D eigenvalue weighted by Gasteiger charge is -2.15. The fraction of sp³-hybridized carbons (Fsp3) is 0.188.